The maximum atomic E-state index is 9.04. The molecule has 1 unspecified atom stereocenters. The summed E-state index contributed by atoms with van der Waals surface area (Å²) in [4.78, 5) is 6.79. The van der Waals surface area contributed by atoms with Gasteiger partial charge in [0.2, 0.25) is 0 Å². The van der Waals surface area contributed by atoms with Crippen LogP contribution in [0.25, 0.3) is 0 Å². The Labute approximate surface area is 142 Å². The van der Waals surface area contributed by atoms with E-state index in [0.29, 0.717) is 5.56 Å². The van der Waals surface area contributed by atoms with Gasteiger partial charge in [0.25, 0.3) is 0 Å². The summed E-state index contributed by atoms with van der Waals surface area (Å²) in [6.07, 6.45) is 2.14. The van der Waals surface area contributed by atoms with E-state index in [9.17, 15) is 0 Å². The highest BCUT2D eigenvalue weighted by atomic mass is 16.5. The molecule has 3 rings (SSSR count). The minimum absolute atomic E-state index is 0.0906. The average Bonchev–Trinajstić information content (AvgIpc) is 2.62. The van der Waals surface area contributed by atoms with Crippen LogP contribution in [-0.4, -0.2) is 31.3 Å². The molecule has 0 spiro atoms. The fourth-order valence-corrected chi connectivity index (χ4v) is 2.98. The molecule has 24 heavy (non-hydrogen) atoms. The highest BCUT2D eigenvalue weighted by molar-refractivity contribution is 5.46. The second-order valence-electron chi connectivity index (χ2n) is 5.89. The molecule has 0 aliphatic carbocycles. The van der Waals surface area contributed by atoms with Gasteiger partial charge in [-0.15, -0.1) is 0 Å². The number of methoxy groups -OCH3 is 1. The molecule has 5 nitrogen and oxygen atoms in total. The Kier molecular flexibility index (Phi) is 4.85. The molecule has 2 aromatic rings. The molecular formula is C19H21N3O2. The quantitative estimate of drug-likeness (QED) is 0.864. The van der Waals surface area contributed by atoms with Crippen molar-refractivity contribution in [2.75, 3.05) is 25.1 Å². The first-order chi connectivity index (χ1) is 11.7. The lowest BCUT2D eigenvalue weighted by atomic mass is 10.1. The number of aromatic nitrogens is 1. The average molecular weight is 323 g/mol. The Morgan fingerprint density at radius 1 is 1.21 bits per heavy atom. The Balaban J connectivity index is 1.73. The van der Waals surface area contributed by atoms with Crippen LogP contribution in [0.5, 0.6) is 11.5 Å². The number of anilines is 1. The van der Waals surface area contributed by atoms with Gasteiger partial charge in [-0.2, -0.15) is 5.26 Å². The van der Waals surface area contributed by atoms with Crippen molar-refractivity contribution in [2.45, 2.75) is 25.9 Å². The maximum Gasteiger partial charge on any atom is 0.161 e. The summed E-state index contributed by atoms with van der Waals surface area (Å²) in [5.74, 6) is 2.43. The molecule has 0 N–H and O–H groups in total. The van der Waals surface area contributed by atoms with Gasteiger partial charge in [-0.3, -0.25) is 0 Å². The van der Waals surface area contributed by atoms with E-state index in [2.05, 4.69) is 16.0 Å². The van der Waals surface area contributed by atoms with E-state index in [4.69, 9.17) is 14.7 Å². The number of hydrogen-bond acceptors (Lipinski definition) is 5. The van der Waals surface area contributed by atoms with Crippen LogP contribution < -0.4 is 14.4 Å². The number of hydrogen-bond donors (Lipinski definition) is 0. The van der Waals surface area contributed by atoms with Crippen LogP contribution in [-0.2, 0) is 0 Å². The minimum Gasteiger partial charge on any atom is -0.493 e. The van der Waals surface area contributed by atoms with Gasteiger partial charge in [0.15, 0.2) is 11.5 Å². The summed E-state index contributed by atoms with van der Waals surface area (Å²) in [5, 5.41) is 9.04. The van der Waals surface area contributed by atoms with Crippen molar-refractivity contribution in [3.8, 4) is 17.6 Å². The molecule has 1 aliphatic rings. The van der Waals surface area contributed by atoms with Gasteiger partial charge in [-0.1, -0.05) is 12.1 Å². The second kappa shape index (κ2) is 7.22. The third-order valence-electron chi connectivity index (χ3n) is 4.26. The van der Waals surface area contributed by atoms with Crippen LogP contribution in [0.3, 0.4) is 0 Å². The minimum atomic E-state index is 0.0906. The topological polar surface area (TPSA) is 58.4 Å². The van der Waals surface area contributed by atoms with E-state index >= 15 is 0 Å². The van der Waals surface area contributed by atoms with Gasteiger partial charge < -0.3 is 14.4 Å². The highest BCUT2D eigenvalue weighted by Gasteiger charge is 2.23. The monoisotopic (exact) mass is 323 g/mol. The van der Waals surface area contributed by atoms with Gasteiger partial charge in [0.1, 0.15) is 18.0 Å². The van der Waals surface area contributed by atoms with E-state index in [1.54, 1.807) is 7.11 Å². The maximum absolute atomic E-state index is 9.04. The van der Waals surface area contributed by atoms with Crippen LogP contribution in [0.1, 0.15) is 24.1 Å². The molecule has 1 aromatic carbocycles. The normalized spacial score (nSPS) is 17.2. The van der Waals surface area contributed by atoms with E-state index in [1.165, 1.54) is 0 Å². The van der Waals surface area contributed by atoms with Gasteiger partial charge in [-0.25, -0.2) is 4.98 Å². The second-order valence-corrected chi connectivity index (χ2v) is 5.89. The zero-order valence-electron chi connectivity index (χ0n) is 14.0. The standard InChI is InChI=1S/C19H21N3O2/c1-14-15(12-20)9-10-19(21-14)22-11-5-6-16(13-22)24-18-8-4-3-7-17(18)23-2/h3-4,7-10,16H,5-6,11,13H2,1-2H3. The summed E-state index contributed by atoms with van der Waals surface area (Å²) in [7, 11) is 1.65. The summed E-state index contributed by atoms with van der Waals surface area (Å²) in [6, 6.07) is 13.6. The first kappa shape index (κ1) is 16.1. The molecule has 1 aliphatic heterocycles. The van der Waals surface area contributed by atoms with Crippen molar-refractivity contribution >= 4 is 5.82 Å². The molecule has 1 atom stereocenters. The molecule has 1 fully saturated rings. The molecule has 124 valence electrons. The van der Waals surface area contributed by atoms with Crippen LogP contribution in [0.4, 0.5) is 5.82 Å². The Bertz CT molecular complexity index is 755. The van der Waals surface area contributed by atoms with Crippen molar-refractivity contribution in [2.24, 2.45) is 0 Å². The zero-order valence-corrected chi connectivity index (χ0v) is 14.0. The van der Waals surface area contributed by atoms with Gasteiger partial charge >= 0.3 is 0 Å². The van der Waals surface area contributed by atoms with Gasteiger partial charge in [0.05, 0.1) is 24.9 Å². The molecular weight excluding hydrogens is 302 g/mol. The number of ether oxygens (including phenoxy) is 2. The molecule has 2 heterocycles. The molecule has 1 saturated heterocycles. The highest BCUT2D eigenvalue weighted by Crippen LogP contribution is 2.29. The third kappa shape index (κ3) is 3.43. The molecule has 0 saturated carbocycles. The predicted molar refractivity (Wildman–Crippen MR) is 92.5 cm³/mol. The SMILES string of the molecule is COc1ccccc1OC1CCCN(c2ccc(C#N)c(C)n2)C1. The first-order valence-corrected chi connectivity index (χ1v) is 8.13. The summed E-state index contributed by atoms with van der Waals surface area (Å²) >= 11 is 0. The van der Waals surface area contributed by atoms with Crippen molar-refractivity contribution in [3.05, 3.63) is 47.7 Å². The number of nitriles is 1. The van der Waals surface area contributed by atoms with Crippen LogP contribution >= 0.6 is 0 Å². The smallest absolute Gasteiger partial charge is 0.161 e. The fraction of sp³-hybridized carbons (Fsp3) is 0.368. The number of piperidine rings is 1. The number of nitrogens with zero attached hydrogens (tertiary/aromatic N) is 3. The summed E-state index contributed by atoms with van der Waals surface area (Å²) in [5.41, 5.74) is 1.39. The van der Waals surface area contributed by atoms with Crippen LogP contribution in [0.15, 0.2) is 36.4 Å². The summed E-state index contributed by atoms with van der Waals surface area (Å²) < 4.78 is 11.5. The number of aryl methyl sites for hydroxylation is 1. The first-order valence-electron chi connectivity index (χ1n) is 8.13. The van der Waals surface area contributed by atoms with Crippen molar-refractivity contribution in [1.29, 1.82) is 5.26 Å². The Morgan fingerprint density at radius 3 is 2.71 bits per heavy atom. The van der Waals surface area contributed by atoms with E-state index in [1.807, 2.05) is 43.3 Å². The lowest BCUT2D eigenvalue weighted by molar-refractivity contribution is 0.172. The number of para-hydroxylation sites is 2. The number of rotatable bonds is 4. The molecule has 0 amide bonds. The summed E-state index contributed by atoms with van der Waals surface area (Å²) in [6.45, 7) is 3.59. The largest absolute Gasteiger partial charge is 0.493 e. The Morgan fingerprint density at radius 2 is 2.00 bits per heavy atom. The molecule has 0 bridgehead atoms. The third-order valence-corrected chi connectivity index (χ3v) is 4.26. The van der Waals surface area contributed by atoms with E-state index in [-0.39, 0.29) is 6.10 Å². The van der Waals surface area contributed by atoms with Crippen molar-refractivity contribution in [3.63, 3.8) is 0 Å². The fourth-order valence-electron chi connectivity index (χ4n) is 2.98. The van der Waals surface area contributed by atoms with E-state index < -0.39 is 0 Å². The number of benzene rings is 1. The van der Waals surface area contributed by atoms with Crippen LogP contribution in [0, 0.1) is 18.3 Å². The lowest BCUT2D eigenvalue weighted by Crippen LogP contribution is -2.41. The number of pyridine rings is 1. The molecule has 5 heteroatoms. The Hall–Kier alpha value is -2.74. The van der Waals surface area contributed by atoms with Crippen molar-refractivity contribution < 1.29 is 9.47 Å². The van der Waals surface area contributed by atoms with E-state index in [0.717, 1.165) is 48.9 Å². The molecule has 1 aromatic heterocycles. The van der Waals surface area contributed by atoms with Crippen LogP contribution in [0.2, 0.25) is 0 Å². The zero-order chi connectivity index (χ0) is 16.9. The van der Waals surface area contributed by atoms with Gasteiger partial charge in [0, 0.05) is 6.54 Å². The predicted octanol–water partition coefficient (Wildman–Crippen LogP) is 3.32. The molecule has 0 radical (unpaired) electrons. The van der Waals surface area contributed by atoms with Gasteiger partial charge in [-0.05, 0) is 44.0 Å². The van der Waals surface area contributed by atoms with Crippen molar-refractivity contribution in [1.82, 2.24) is 4.98 Å². The lowest BCUT2D eigenvalue weighted by Gasteiger charge is -2.34.